The molecule has 0 aromatic heterocycles. The summed E-state index contributed by atoms with van der Waals surface area (Å²) < 4.78 is 32.9. The highest BCUT2D eigenvalue weighted by Crippen LogP contribution is 2.33. The number of benzene rings is 2. The third-order valence-corrected chi connectivity index (χ3v) is 7.37. The van der Waals surface area contributed by atoms with Crippen LogP contribution in [0.25, 0.3) is 0 Å². The largest absolute Gasteiger partial charge is 0.479 e. The Labute approximate surface area is 179 Å². The van der Waals surface area contributed by atoms with Crippen molar-refractivity contribution in [1.82, 2.24) is 9.21 Å². The molecule has 1 fully saturated rings. The van der Waals surface area contributed by atoms with Crippen molar-refractivity contribution in [1.29, 1.82) is 0 Å². The number of sulfonamides is 1. The number of hydrogen-bond acceptors (Lipinski definition) is 5. The van der Waals surface area contributed by atoms with Gasteiger partial charge in [0.05, 0.1) is 21.2 Å². The van der Waals surface area contributed by atoms with E-state index in [1.807, 2.05) is 0 Å². The van der Waals surface area contributed by atoms with Crippen LogP contribution in [0.4, 0.5) is 5.69 Å². The monoisotopic (exact) mass is 449 g/mol. The van der Waals surface area contributed by atoms with Gasteiger partial charge in [0.15, 0.2) is 6.10 Å². The van der Waals surface area contributed by atoms with Crippen LogP contribution in [0.3, 0.4) is 0 Å². The van der Waals surface area contributed by atoms with Crippen LogP contribution in [0, 0.1) is 0 Å². The van der Waals surface area contributed by atoms with Crippen molar-refractivity contribution in [3.05, 3.63) is 53.1 Å². The molecule has 2 aromatic carbocycles. The molecule has 2 heterocycles. The molecule has 2 aromatic rings. The molecule has 0 unspecified atom stereocenters. The molecule has 1 saturated heterocycles. The minimum atomic E-state index is -3.79. The van der Waals surface area contributed by atoms with Gasteiger partial charge in [0, 0.05) is 26.2 Å². The van der Waals surface area contributed by atoms with E-state index >= 15 is 0 Å². The van der Waals surface area contributed by atoms with Gasteiger partial charge in [0.25, 0.3) is 11.8 Å². The third kappa shape index (κ3) is 3.76. The number of anilines is 1. The molecule has 0 saturated carbocycles. The van der Waals surface area contributed by atoms with Crippen LogP contribution < -0.4 is 10.1 Å². The number of piperazine rings is 1. The SMILES string of the molecule is C[C@H]1Oc2ccc(S(=O)(=O)N3CCN(C(=O)c4ccccc4Cl)CC3)cc2NC1=O. The van der Waals surface area contributed by atoms with Gasteiger partial charge < -0.3 is 15.0 Å². The molecule has 4 rings (SSSR count). The molecule has 2 aliphatic heterocycles. The smallest absolute Gasteiger partial charge is 0.265 e. The van der Waals surface area contributed by atoms with Crippen molar-refractivity contribution in [2.45, 2.75) is 17.9 Å². The van der Waals surface area contributed by atoms with Gasteiger partial charge in [-0.05, 0) is 37.3 Å². The molecule has 158 valence electrons. The van der Waals surface area contributed by atoms with E-state index in [2.05, 4.69) is 5.32 Å². The molecule has 0 bridgehead atoms. The van der Waals surface area contributed by atoms with E-state index in [9.17, 15) is 18.0 Å². The van der Waals surface area contributed by atoms with Crippen molar-refractivity contribution >= 4 is 39.1 Å². The van der Waals surface area contributed by atoms with Gasteiger partial charge >= 0.3 is 0 Å². The molecule has 1 atom stereocenters. The molecule has 1 N–H and O–H groups in total. The van der Waals surface area contributed by atoms with E-state index in [4.69, 9.17) is 16.3 Å². The second kappa shape index (κ2) is 7.90. The summed E-state index contributed by atoms with van der Waals surface area (Å²) in [4.78, 5) is 26.2. The molecule has 8 nitrogen and oxygen atoms in total. The van der Waals surface area contributed by atoms with Crippen molar-refractivity contribution in [2.75, 3.05) is 31.5 Å². The number of carbonyl (C=O) groups excluding carboxylic acids is 2. The van der Waals surface area contributed by atoms with Gasteiger partial charge in [-0.25, -0.2) is 8.42 Å². The highest BCUT2D eigenvalue weighted by atomic mass is 35.5. The molecule has 0 radical (unpaired) electrons. The maximum atomic E-state index is 13.1. The van der Waals surface area contributed by atoms with Crippen molar-refractivity contribution < 1.29 is 22.7 Å². The zero-order valence-electron chi connectivity index (χ0n) is 16.2. The number of carbonyl (C=O) groups is 2. The average Bonchev–Trinajstić information content (AvgIpc) is 2.74. The fourth-order valence-corrected chi connectivity index (χ4v) is 5.10. The van der Waals surface area contributed by atoms with E-state index in [0.717, 1.165) is 0 Å². The Morgan fingerprint density at radius 2 is 1.83 bits per heavy atom. The average molecular weight is 450 g/mol. The zero-order valence-corrected chi connectivity index (χ0v) is 17.7. The number of amides is 2. The first-order chi connectivity index (χ1) is 14.3. The Balaban J connectivity index is 1.48. The number of rotatable bonds is 3. The number of hydrogen-bond donors (Lipinski definition) is 1. The Hall–Kier alpha value is -2.62. The Kier molecular flexibility index (Phi) is 5.44. The van der Waals surface area contributed by atoms with Gasteiger partial charge in [-0.3, -0.25) is 9.59 Å². The van der Waals surface area contributed by atoms with Gasteiger partial charge in [-0.2, -0.15) is 4.31 Å². The van der Waals surface area contributed by atoms with Crippen LogP contribution in [0.2, 0.25) is 5.02 Å². The molecule has 2 amide bonds. The minimum absolute atomic E-state index is 0.0607. The highest BCUT2D eigenvalue weighted by molar-refractivity contribution is 7.89. The van der Waals surface area contributed by atoms with Crippen LogP contribution in [0.5, 0.6) is 5.75 Å². The lowest BCUT2D eigenvalue weighted by Crippen LogP contribution is -2.50. The van der Waals surface area contributed by atoms with E-state index < -0.39 is 16.1 Å². The van der Waals surface area contributed by atoms with Crippen LogP contribution in [0.1, 0.15) is 17.3 Å². The van der Waals surface area contributed by atoms with Gasteiger partial charge in [-0.15, -0.1) is 0 Å². The maximum Gasteiger partial charge on any atom is 0.265 e. The summed E-state index contributed by atoms with van der Waals surface area (Å²) in [6.45, 7) is 2.45. The summed E-state index contributed by atoms with van der Waals surface area (Å²) >= 11 is 6.10. The van der Waals surface area contributed by atoms with Crippen molar-refractivity contribution in [2.24, 2.45) is 0 Å². The van der Waals surface area contributed by atoms with E-state index in [1.54, 1.807) is 36.1 Å². The predicted molar refractivity (Wildman–Crippen MR) is 111 cm³/mol. The summed E-state index contributed by atoms with van der Waals surface area (Å²) in [6.07, 6.45) is -0.635. The molecular formula is C20H20ClN3O5S. The normalized spacial score (nSPS) is 19.6. The lowest BCUT2D eigenvalue weighted by Gasteiger charge is -2.34. The van der Waals surface area contributed by atoms with Crippen LogP contribution in [-0.4, -0.2) is 61.7 Å². The van der Waals surface area contributed by atoms with Crippen LogP contribution in [0.15, 0.2) is 47.4 Å². The van der Waals surface area contributed by atoms with Crippen molar-refractivity contribution in [3.63, 3.8) is 0 Å². The summed E-state index contributed by atoms with van der Waals surface area (Å²) in [6, 6.07) is 11.2. The lowest BCUT2D eigenvalue weighted by atomic mass is 10.2. The fraction of sp³-hybridized carbons (Fsp3) is 0.300. The molecular weight excluding hydrogens is 430 g/mol. The van der Waals surface area contributed by atoms with Crippen LogP contribution >= 0.6 is 11.6 Å². The molecule has 2 aliphatic rings. The molecule has 10 heteroatoms. The quantitative estimate of drug-likeness (QED) is 0.775. The predicted octanol–water partition coefficient (Wildman–Crippen LogP) is 2.21. The number of nitrogens with zero attached hydrogens (tertiary/aromatic N) is 2. The van der Waals surface area contributed by atoms with Gasteiger partial charge in [-0.1, -0.05) is 23.7 Å². The Bertz CT molecular complexity index is 1110. The second-order valence-corrected chi connectivity index (χ2v) is 9.43. The summed E-state index contributed by atoms with van der Waals surface area (Å²) in [5.74, 6) is -0.125. The number of fused-ring (bicyclic) bond motifs is 1. The first-order valence-corrected chi connectivity index (χ1v) is 11.2. The maximum absolute atomic E-state index is 13.1. The van der Waals surface area contributed by atoms with E-state index in [0.29, 0.717) is 22.0 Å². The van der Waals surface area contributed by atoms with Crippen LogP contribution in [-0.2, 0) is 14.8 Å². The highest BCUT2D eigenvalue weighted by Gasteiger charge is 2.32. The zero-order chi connectivity index (χ0) is 21.5. The standard InChI is InChI=1S/C20H20ClN3O5S/c1-13-19(25)22-17-12-14(6-7-18(17)29-13)30(27,28)24-10-8-23(9-11-24)20(26)15-4-2-3-5-16(15)21/h2-7,12-13H,8-11H2,1H3,(H,22,25)/t13-/m1/s1. The van der Waals surface area contributed by atoms with Gasteiger partial charge in [0.2, 0.25) is 10.0 Å². The van der Waals surface area contributed by atoms with Crippen molar-refractivity contribution in [3.8, 4) is 5.75 Å². The van der Waals surface area contributed by atoms with E-state index in [1.165, 1.54) is 22.5 Å². The molecule has 0 aliphatic carbocycles. The topological polar surface area (TPSA) is 96.0 Å². The number of ether oxygens (including phenoxy) is 1. The third-order valence-electron chi connectivity index (χ3n) is 5.15. The number of nitrogens with one attached hydrogen (secondary N) is 1. The molecule has 0 spiro atoms. The Morgan fingerprint density at radius 1 is 1.13 bits per heavy atom. The minimum Gasteiger partial charge on any atom is -0.479 e. The lowest BCUT2D eigenvalue weighted by molar-refractivity contribution is -0.122. The summed E-state index contributed by atoms with van der Waals surface area (Å²) in [7, 11) is -3.79. The number of halogens is 1. The molecule has 30 heavy (non-hydrogen) atoms. The summed E-state index contributed by atoms with van der Waals surface area (Å²) in [5, 5.41) is 3.02. The van der Waals surface area contributed by atoms with Gasteiger partial charge in [0.1, 0.15) is 5.75 Å². The van der Waals surface area contributed by atoms with E-state index in [-0.39, 0.29) is 42.9 Å². The summed E-state index contributed by atoms with van der Waals surface area (Å²) in [5.41, 5.74) is 0.724. The Morgan fingerprint density at radius 3 is 2.53 bits per heavy atom. The first-order valence-electron chi connectivity index (χ1n) is 9.43. The fourth-order valence-electron chi connectivity index (χ4n) is 3.43. The second-order valence-electron chi connectivity index (χ2n) is 7.08. The first kappa shape index (κ1) is 20.6.